The fraction of sp³-hybridized carbons (Fsp3) is 0.227. The molecule has 2 aromatic heterocycles. The van der Waals surface area contributed by atoms with Gasteiger partial charge in [0.1, 0.15) is 17.4 Å². The molecule has 0 radical (unpaired) electrons. The first-order valence-corrected chi connectivity index (χ1v) is 9.96. The second-order valence-electron chi connectivity index (χ2n) is 7.51. The molecule has 1 aromatic carbocycles. The minimum atomic E-state index is -4.81. The number of halogens is 4. The SMILES string of the molecule is NC1CCN(c2ncc(C(=O)Nc3ccc(OC(F)(F)F)cc3)cc2-c2cncc(F)c2)C1. The first-order chi connectivity index (χ1) is 15.7. The number of ether oxygens (including phenoxy) is 1. The van der Waals surface area contributed by atoms with Crippen LogP contribution >= 0.6 is 0 Å². The van der Waals surface area contributed by atoms with Gasteiger partial charge >= 0.3 is 6.36 Å². The van der Waals surface area contributed by atoms with Crippen LogP contribution in [0, 0.1) is 5.82 Å². The number of carbonyl (C=O) groups is 1. The lowest BCUT2D eigenvalue weighted by Crippen LogP contribution is -2.27. The highest BCUT2D eigenvalue weighted by molar-refractivity contribution is 6.05. The Morgan fingerprint density at radius 1 is 1.15 bits per heavy atom. The van der Waals surface area contributed by atoms with Crippen molar-refractivity contribution >= 4 is 17.4 Å². The molecule has 1 amide bonds. The fourth-order valence-corrected chi connectivity index (χ4v) is 3.53. The van der Waals surface area contributed by atoms with Gasteiger partial charge in [0.05, 0.1) is 11.8 Å². The van der Waals surface area contributed by atoms with Crippen molar-refractivity contribution in [3.63, 3.8) is 0 Å². The van der Waals surface area contributed by atoms with E-state index in [1.165, 1.54) is 30.6 Å². The molecular formula is C22H19F4N5O2. The quantitative estimate of drug-likeness (QED) is 0.559. The first kappa shape index (κ1) is 22.5. The number of aromatic nitrogens is 2. The number of nitrogens with zero attached hydrogens (tertiary/aromatic N) is 3. The van der Waals surface area contributed by atoms with E-state index in [9.17, 15) is 22.4 Å². The van der Waals surface area contributed by atoms with Crippen LogP contribution in [0.5, 0.6) is 5.75 Å². The topological polar surface area (TPSA) is 93.4 Å². The number of pyridine rings is 2. The van der Waals surface area contributed by atoms with Crippen LogP contribution in [-0.4, -0.2) is 41.4 Å². The van der Waals surface area contributed by atoms with Crippen LogP contribution in [0.3, 0.4) is 0 Å². The van der Waals surface area contributed by atoms with Gasteiger partial charge in [0.2, 0.25) is 0 Å². The van der Waals surface area contributed by atoms with Crippen molar-refractivity contribution in [3.05, 3.63) is 66.4 Å². The number of nitrogens with two attached hydrogens (primary N) is 1. The van der Waals surface area contributed by atoms with Gasteiger partial charge in [-0.05, 0) is 42.8 Å². The van der Waals surface area contributed by atoms with Gasteiger partial charge in [0.25, 0.3) is 5.91 Å². The average molecular weight is 461 g/mol. The molecule has 1 atom stereocenters. The highest BCUT2D eigenvalue weighted by Gasteiger charge is 2.31. The fourth-order valence-electron chi connectivity index (χ4n) is 3.53. The predicted octanol–water partition coefficient (Wildman–Crippen LogP) is 3.97. The molecule has 33 heavy (non-hydrogen) atoms. The molecule has 7 nitrogen and oxygen atoms in total. The summed E-state index contributed by atoms with van der Waals surface area (Å²) in [7, 11) is 0. The number of hydrogen-bond donors (Lipinski definition) is 2. The summed E-state index contributed by atoms with van der Waals surface area (Å²) in [6.07, 6.45) is -0.101. The van der Waals surface area contributed by atoms with Gasteiger partial charge in [-0.3, -0.25) is 9.78 Å². The van der Waals surface area contributed by atoms with Crippen LogP contribution in [0.25, 0.3) is 11.1 Å². The molecule has 3 aromatic rings. The molecule has 0 aliphatic carbocycles. The maximum Gasteiger partial charge on any atom is 0.573 e. The summed E-state index contributed by atoms with van der Waals surface area (Å²) >= 11 is 0. The van der Waals surface area contributed by atoms with Crippen molar-refractivity contribution in [3.8, 4) is 16.9 Å². The number of amides is 1. The highest BCUT2D eigenvalue weighted by atomic mass is 19.4. The van der Waals surface area contributed by atoms with Crippen molar-refractivity contribution in [1.29, 1.82) is 0 Å². The van der Waals surface area contributed by atoms with Crippen LogP contribution < -0.4 is 20.7 Å². The van der Waals surface area contributed by atoms with E-state index in [-0.39, 0.29) is 17.3 Å². The van der Waals surface area contributed by atoms with E-state index >= 15 is 0 Å². The Balaban J connectivity index is 1.60. The number of carbonyl (C=O) groups excluding carboxylic acids is 1. The number of alkyl halides is 3. The summed E-state index contributed by atoms with van der Waals surface area (Å²) in [5.74, 6) is -0.924. The smallest absolute Gasteiger partial charge is 0.406 e. The third-order valence-electron chi connectivity index (χ3n) is 5.01. The van der Waals surface area contributed by atoms with Crippen LogP contribution in [0.15, 0.2) is 55.0 Å². The van der Waals surface area contributed by atoms with Crippen molar-refractivity contribution in [2.45, 2.75) is 18.8 Å². The van der Waals surface area contributed by atoms with Crippen LogP contribution in [-0.2, 0) is 0 Å². The standard InChI is InChI=1S/C22H19F4N5O2/c23-15-7-13(9-28-11-15)19-8-14(10-29-20(19)31-6-5-16(27)12-31)21(32)30-17-1-3-18(4-2-17)33-22(24,25)26/h1-4,7-11,16H,5-6,12,27H2,(H,30,32). The molecule has 0 spiro atoms. The third-order valence-corrected chi connectivity index (χ3v) is 5.01. The molecule has 3 heterocycles. The zero-order chi connectivity index (χ0) is 23.6. The van der Waals surface area contributed by atoms with Gasteiger partial charge in [0.15, 0.2) is 0 Å². The van der Waals surface area contributed by atoms with E-state index in [4.69, 9.17) is 5.73 Å². The molecule has 0 saturated carbocycles. The molecule has 1 fully saturated rings. The van der Waals surface area contributed by atoms with Crippen molar-refractivity contribution in [2.75, 3.05) is 23.3 Å². The Labute approximate surface area is 186 Å². The Bertz CT molecular complexity index is 1150. The lowest BCUT2D eigenvalue weighted by molar-refractivity contribution is -0.274. The lowest BCUT2D eigenvalue weighted by atomic mass is 10.1. The van der Waals surface area contributed by atoms with Gasteiger partial charge in [-0.2, -0.15) is 0 Å². The minimum absolute atomic E-state index is 0.0162. The zero-order valence-electron chi connectivity index (χ0n) is 17.1. The van der Waals surface area contributed by atoms with E-state index < -0.39 is 23.8 Å². The molecule has 11 heteroatoms. The molecular weight excluding hydrogens is 442 g/mol. The summed E-state index contributed by atoms with van der Waals surface area (Å²) < 4.78 is 54.6. The van der Waals surface area contributed by atoms with Crippen LogP contribution in [0.1, 0.15) is 16.8 Å². The Hall–Kier alpha value is -3.73. The normalized spacial score (nSPS) is 16.0. The molecule has 1 aliphatic heterocycles. The van der Waals surface area contributed by atoms with Gasteiger partial charge in [-0.1, -0.05) is 0 Å². The van der Waals surface area contributed by atoms with E-state index in [1.807, 2.05) is 4.90 Å². The van der Waals surface area contributed by atoms with Crippen LogP contribution in [0.2, 0.25) is 0 Å². The third kappa shape index (κ3) is 5.55. The van der Waals surface area contributed by atoms with Crippen molar-refractivity contribution in [2.24, 2.45) is 5.73 Å². The van der Waals surface area contributed by atoms with E-state index in [0.29, 0.717) is 30.0 Å². The summed E-state index contributed by atoms with van der Waals surface area (Å²) in [5, 5.41) is 2.60. The first-order valence-electron chi connectivity index (χ1n) is 9.96. The summed E-state index contributed by atoms with van der Waals surface area (Å²) in [6, 6.07) is 7.59. The number of anilines is 2. The van der Waals surface area contributed by atoms with Crippen molar-refractivity contribution in [1.82, 2.24) is 9.97 Å². The Kier molecular flexibility index (Phi) is 6.14. The summed E-state index contributed by atoms with van der Waals surface area (Å²) in [5.41, 5.74) is 7.40. The van der Waals surface area contributed by atoms with Crippen LogP contribution in [0.4, 0.5) is 29.1 Å². The zero-order valence-corrected chi connectivity index (χ0v) is 17.1. The monoisotopic (exact) mass is 461 g/mol. The Morgan fingerprint density at radius 2 is 1.91 bits per heavy atom. The lowest BCUT2D eigenvalue weighted by Gasteiger charge is -2.21. The van der Waals surface area contributed by atoms with Crippen molar-refractivity contribution < 1.29 is 27.1 Å². The predicted molar refractivity (Wildman–Crippen MR) is 113 cm³/mol. The maximum absolute atomic E-state index is 13.8. The molecule has 1 aliphatic rings. The minimum Gasteiger partial charge on any atom is -0.406 e. The molecule has 4 rings (SSSR count). The number of hydrogen-bond acceptors (Lipinski definition) is 6. The number of rotatable bonds is 5. The van der Waals surface area contributed by atoms with Gasteiger partial charge in [0, 0.05) is 48.3 Å². The summed E-state index contributed by atoms with van der Waals surface area (Å²) in [6.45, 7) is 1.24. The van der Waals surface area contributed by atoms with E-state index in [2.05, 4.69) is 20.0 Å². The number of nitrogens with one attached hydrogen (secondary N) is 1. The highest BCUT2D eigenvalue weighted by Crippen LogP contribution is 2.32. The number of benzene rings is 1. The second kappa shape index (κ2) is 9.02. The van der Waals surface area contributed by atoms with Gasteiger partial charge in [-0.15, -0.1) is 13.2 Å². The molecule has 1 unspecified atom stereocenters. The maximum atomic E-state index is 13.8. The second-order valence-corrected chi connectivity index (χ2v) is 7.51. The Morgan fingerprint density at radius 3 is 2.55 bits per heavy atom. The average Bonchev–Trinajstić information content (AvgIpc) is 3.20. The van der Waals surface area contributed by atoms with E-state index in [1.54, 1.807) is 6.07 Å². The molecule has 172 valence electrons. The van der Waals surface area contributed by atoms with E-state index in [0.717, 1.165) is 24.8 Å². The summed E-state index contributed by atoms with van der Waals surface area (Å²) in [4.78, 5) is 23.1. The molecule has 3 N–H and O–H groups in total. The molecule has 0 bridgehead atoms. The molecule has 1 saturated heterocycles. The van der Waals surface area contributed by atoms with Gasteiger partial charge in [-0.25, -0.2) is 9.37 Å². The van der Waals surface area contributed by atoms with Gasteiger partial charge < -0.3 is 20.7 Å². The largest absolute Gasteiger partial charge is 0.573 e.